The smallest absolute Gasteiger partial charge is 0.274 e. The van der Waals surface area contributed by atoms with Crippen LogP contribution >= 0.6 is 0 Å². The van der Waals surface area contributed by atoms with Gasteiger partial charge in [-0.05, 0) is 30.6 Å². The van der Waals surface area contributed by atoms with Crippen molar-refractivity contribution in [3.63, 3.8) is 0 Å². The molecule has 1 aromatic carbocycles. The van der Waals surface area contributed by atoms with Crippen LogP contribution < -0.4 is 5.32 Å². The molecule has 1 fully saturated rings. The van der Waals surface area contributed by atoms with Crippen LogP contribution in [0.1, 0.15) is 46.2 Å². The molecule has 0 spiro atoms. The van der Waals surface area contributed by atoms with Crippen LogP contribution in [0.5, 0.6) is 0 Å². The van der Waals surface area contributed by atoms with Gasteiger partial charge >= 0.3 is 0 Å². The van der Waals surface area contributed by atoms with Crippen molar-refractivity contribution < 1.29 is 23.6 Å². The molecule has 1 saturated carbocycles. The lowest BCUT2D eigenvalue weighted by atomic mass is 9.81. The van der Waals surface area contributed by atoms with Crippen molar-refractivity contribution >= 4 is 17.2 Å². The molecule has 0 saturated heterocycles. The van der Waals surface area contributed by atoms with Gasteiger partial charge in [-0.3, -0.25) is 9.20 Å². The SMILES string of the molecule is [2H]c1c([2H])c([2H])n2c(C(=O)Nc3cc(-c4noc(C5CC(F)(F)C5)n4)ccc3C)cnc2c1[2H]. The zero-order valence-electron chi connectivity index (χ0n) is 19.7. The summed E-state index contributed by atoms with van der Waals surface area (Å²) in [5.74, 6) is -3.48. The molecule has 1 N–H and O–H groups in total. The normalized spacial score (nSPS) is 17.7. The first-order chi connectivity index (χ1) is 16.1. The van der Waals surface area contributed by atoms with Gasteiger partial charge in [-0.2, -0.15) is 4.98 Å². The number of nitrogens with zero attached hydrogens (tertiary/aromatic N) is 4. The van der Waals surface area contributed by atoms with Gasteiger partial charge in [0, 0.05) is 36.2 Å². The minimum atomic E-state index is -2.71. The van der Waals surface area contributed by atoms with E-state index in [4.69, 9.17) is 10.0 Å². The van der Waals surface area contributed by atoms with E-state index >= 15 is 0 Å². The molecule has 4 aromatic rings. The number of fused-ring (bicyclic) bond motifs is 1. The summed E-state index contributed by atoms with van der Waals surface area (Å²) in [5.41, 5.74) is 1.47. The highest BCUT2D eigenvalue weighted by Crippen LogP contribution is 2.47. The molecule has 9 heteroatoms. The van der Waals surface area contributed by atoms with Crippen molar-refractivity contribution in [2.24, 2.45) is 0 Å². The van der Waals surface area contributed by atoms with Crippen molar-refractivity contribution in [1.29, 1.82) is 0 Å². The molecule has 0 aliphatic heterocycles. The molecule has 152 valence electrons. The largest absolute Gasteiger partial charge is 0.339 e. The lowest BCUT2D eigenvalue weighted by molar-refractivity contribution is -0.0925. The maximum absolute atomic E-state index is 13.1. The van der Waals surface area contributed by atoms with Crippen LogP contribution in [-0.2, 0) is 0 Å². The third-order valence-electron chi connectivity index (χ3n) is 5.02. The highest BCUT2D eigenvalue weighted by molar-refractivity contribution is 6.04. The Hall–Kier alpha value is -3.62. The minimum Gasteiger partial charge on any atom is -0.339 e. The van der Waals surface area contributed by atoms with Crippen molar-refractivity contribution in [3.8, 4) is 11.4 Å². The van der Waals surface area contributed by atoms with Crippen LogP contribution in [0.25, 0.3) is 17.0 Å². The lowest BCUT2D eigenvalue weighted by Crippen LogP contribution is -2.33. The number of halogens is 2. The van der Waals surface area contributed by atoms with Gasteiger partial charge in [-0.15, -0.1) is 0 Å². The summed E-state index contributed by atoms with van der Waals surface area (Å²) in [5, 5.41) is 6.60. The van der Waals surface area contributed by atoms with E-state index < -0.39 is 36.0 Å². The van der Waals surface area contributed by atoms with Crippen LogP contribution in [0.2, 0.25) is 0 Å². The van der Waals surface area contributed by atoms with Gasteiger partial charge in [-0.25, -0.2) is 13.8 Å². The average Bonchev–Trinajstić information content (AvgIpc) is 3.44. The number of hydrogen-bond acceptors (Lipinski definition) is 5. The molecule has 1 amide bonds. The summed E-state index contributed by atoms with van der Waals surface area (Å²) in [6.07, 6.45) is 0.0924. The van der Waals surface area contributed by atoms with E-state index in [0.717, 1.165) is 4.40 Å². The lowest BCUT2D eigenvalue weighted by Gasteiger charge is -2.31. The Bertz CT molecular complexity index is 1460. The number of aryl methyl sites for hydroxylation is 1. The van der Waals surface area contributed by atoms with E-state index in [2.05, 4.69) is 20.4 Å². The number of alkyl halides is 2. The molecule has 1 aliphatic rings. The Morgan fingerprint density at radius 3 is 3.00 bits per heavy atom. The van der Waals surface area contributed by atoms with E-state index in [-0.39, 0.29) is 41.9 Å². The third kappa shape index (κ3) is 3.22. The number of pyridine rings is 1. The molecule has 0 radical (unpaired) electrons. The Kier molecular flexibility index (Phi) is 3.22. The second-order valence-corrected chi connectivity index (χ2v) is 7.19. The molecule has 0 bridgehead atoms. The first-order valence-electron chi connectivity index (χ1n) is 11.1. The van der Waals surface area contributed by atoms with E-state index in [1.165, 1.54) is 6.20 Å². The number of nitrogens with one attached hydrogen (secondary N) is 1. The predicted octanol–water partition coefficient (Wildman–Crippen LogP) is 4.46. The van der Waals surface area contributed by atoms with E-state index in [0.29, 0.717) is 16.8 Å². The standard InChI is InChI=1S/C21H17F2N5O2/c1-12-5-6-13(18-26-20(30-27-18)14-9-21(22,23)10-14)8-15(12)25-19(29)16-11-24-17-4-2-3-7-28(16)17/h2-8,11,14H,9-10H2,1H3,(H,25,29)/i2D,3D,4D,7D. The van der Waals surface area contributed by atoms with Crippen LogP contribution in [0.4, 0.5) is 14.5 Å². The molecular formula is C21H17F2N5O2. The van der Waals surface area contributed by atoms with E-state index in [1.807, 2.05) is 0 Å². The van der Waals surface area contributed by atoms with Gasteiger partial charge in [0.2, 0.25) is 17.6 Å². The number of aromatic nitrogens is 4. The Morgan fingerprint density at radius 2 is 2.20 bits per heavy atom. The van der Waals surface area contributed by atoms with Crippen LogP contribution in [0.3, 0.4) is 0 Å². The second-order valence-electron chi connectivity index (χ2n) is 7.19. The van der Waals surface area contributed by atoms with Crippen molar-refractivity contribution in [2.75, 3.05) is 5.32 Å². The fourth-order valence-corrected chi connectivity index (χ4v) is 3.32. The third-order valence-corrected chi connectivity index (χ3v) is 5.02. The van der Waals surface area contributed by atoms with Gasteiger partial charge in [0.25, 0.3) is 5.91 Å². The summed E-state index contributed by atoms with van der Waals surface area (Å²) in [6, 6.07) is 3.76. The number of carbonyl (C=O) groups is 1. The zero-order chi connectivity index (χ0) is 24.4. The Labute approximate surface area is 175 Å². The fraction of sp³-hybridized carbons (Fsp3) is 0.238. The molecule has 1 aliphatic carbocycles. The maximum Gasteiger partial charge on any atom is 0.274 e. The van der Waals surface area contributed by atoms with Gasteiger partial charge in [0.05, 0.1) is 11.7 Å². The van der Waals surface area contributed by atoms with E-state index in [1.54, 1.807) is 25.1 Å². The van der Waals surface area contributed by atoms with Gasteiger partial charge in [-0.1, -0.05) is 23.3 Å². The maximum atomic E-state index is 13.1. The number of carbonyl (C=O) groups excluding carboxylic acids is 1. The number of anilines is 1. The predicted molar refractivity (Wildman–Crippen MR) is 105 cm³/mol. The van der Waals surface area contributed by atoms with Gasteiger partial charge in [0.1, 0.15) is 11.3 Å². The second kappa shape index (κ2) is 6.72. The molecule has 0 atom stereocenters. The summed E-state index contributed by atoms with van der Waals surface area (Å²) in [7, 11) is 0. The number of benzene rings is 1. The molecule has 30 heavy (non-hydrogen) atoms. The monoisotopic (exact) mass is 413 g/mol. The van der Waals surface area contributed by atoms with Crippen molar-refractivity contribution in [1.82, 2.24) is 19.5 Å². The van der Waals surface area contributed by atoms with Crippen LogP contribution in [0.15, 0.2) is 53.2 Å². The molecule has 0 unspecified atom stereocenters. The van der Waals surface area contributed by atoms with E-state index in [9.17, 15) is 13.6 Å². The highest BCUT2D eigenvalue weighted by atomic mass is 19.3. The van der Waals surface area contributed by atoms with Gasteiger partial charge in [0.15, 0.2) is 0 Å². The first-order valence-corrected chi connectivity index (χ1v) is 9.13. The fourth-order valence-electron chi connectivity index (χ4n) is 3.32. The average molecular weight is 413 g/mol. The topological polar surface area (TPSA) is 85.3 Å². The zero-order valence-corrected chi connectivity index (χ0v) is 15.7. The Morgan fingerprint density at radius 1 is 1.37 bits per heavy atom. The summed E-state index contributed by atoms with van der Waals surface area (Å²) >= 11 is 0. The molecule has 3 aromatic heterocycles. The van der Waals surface area contributed by atoms with Crippen LogP contribution in [-0.4, -0.2) is 31.4 Å². The summed E-state index contributed by atoms with van der Waals surface area (Å²) in [6.45, 7) is 1.76. The number of amides is 1. The molecule has 5 rings (SSSR count). The van der Waals surface area contributed by atoms with Crippen molar-refractivity contribution in [2.45, 2.75) is 31.6 Å². The number of hydrogen-bond donors (Lipinski definition) is 1. The molecule has 7 nitrogen and oxygen atoms in total. The summed E-state index contributed by atoms with van der Waals surface area (Å²) < 4.78 is 64.2. The quantitative estimate of drug-likeness (QED) is 0.534. The first kappa shape index (κ1) is 14.4. The Balaban J connectivity index is 1.44. The molecular weight excluding hydrogens is 392 g/mol. The van der Waals surface area contributed by atoms with Crippen molar-refractivity contribution in [3.05, 3.63) is 65.8 Å². The number of imidazole rings is 1. The number of rotatable bonds is 4. The minimum absolute atomic E-state index is 0.0671. The van der Waals surface area contributed by atoms with Crippen LogP contribution in [0, 0.1) is 6.92 Å². The van der Waals surface area contributed by atoms with Gasteiger partial charge < -0.3 is 9.84 Å². The molecule has 3 heterocycles. The summed E-state index contributed by atoms with van der Waals surface area (Å²) in [4.78, 5) is 21.2. The highest BCUT2D eigenvalue weighted by Gasteiger charge is 2.48.